The molecule has 0 spiro atoms. The molecule has 0 saturated carbocycles. The Morgan fingerprint density at radius 2 is 2.05 bits per heavy atom. The van der Waals surface area contributed by atoms with E-state index in [9.17, 15) is 9.90 Å². The van der Waals surface area contributed by atoms with Crippen molar-refractivity contribution in [2.75, 3.05) is 20.2 Å². The minimum absolute atomic E-state index is 0.0159. The van der Waals surface area contributed by atoms with Crippen LogP contribution in [-0.2, 0) is 4.79 Å². The Kier molecular flexibility index (Phi) is 4.58. The smallest absolute Gasteiger partial charge is 0.246 e. The number of nitrogens with zero attached hydrogens (tertiary/aromatic N) is 1. The van der Waals surface area contributed by atoms with Crippen molar-refractivity contribution in [1.29, 1.82) is 0 Å². The van der Waals surface area contributed by atoms with Gasteiger partial charge >= 0.3 is 0 Å². The molecular formula is C15H19NO3. The van der Waals surface area contributed by atoms with E-state index in [1.807, 2.05) is 24.3 Å². The van der Waals surface area contributed by atoms with E-state index in [4.69, 9.17) is 4.74 Å². The number of hydrogen-bond donors (Lipinski definition) is 1. The Morgan fingerprint density at radius 3 is 2.74 bits per heavy atom. The highest BCUT2D eigenvalue weighted by atomic mass is 16.5. The number of carbonyl (C=O) groups is 1. The Balaban J connectivity index is 2.00. The second-order valence-electron chi connectivity index (χ2n) is 4.63. The molecule has 1 amide bonds. The summed E-state index contributed by atoms with van der Waals surface area (Å²) in [7, 11) is 1.61. The summed E-state index contributed by atoms with van der Waals surface area (Å²) >= 11 is 0. The summed E-state index contributed by atoms with van der Waals surface area (Å²) in [6, 6.07) is 7.57. The minimum atomic E-state index is -0.262. The molecule has 4 nitrogen and oxygen atoms in total. The topological polar surface area (TPSA) is 49.8 Å². The van der Waals surface area contributed by atoms with Crippen LogP contribution in [0, 0.1) is 0 Å². The highest BCUT2D eigenvalue weighted by Crippen LogP contribution is 2.19. The number of benzene rings is 1. The summed E-state index contributed by atoms with van der Waals surface area (Å²) in [6.45, 7) is 1.24. The number of aliphatic hydroxyl groups is 1. The SMILES string of the molecule is COc1ccccc1/C=C/C(=O)N1CCC(O)CC1. The number of para-hydroxylation sites is 1. The lowest BCUT2D eigenvalue weighted by Gasteiger charge is -2.28. The molecular weight excluding hydrogens is 242 g/mol. The highest BCUT2D eigenvalue weighted by Gasteiger charge is 2.19. The van der Waals surface area contributed by atoms with Crippen molar-refractivity contribution < 1.29 is 14.6 Å². The quantitative estimate of drug-likeness (QED) is 0.842. The number of amides is 1. The molecule has 0 unspecified atom stereocenters. The molecule has 1 aromatic carbocycles. The molecule has 1 aliphatic rings. The van der Waals surface area contributed by atoms with Crippen LogP contribution in [0.25, 0.3) is 6.08 Å². The molecule has 1 aliphatic heterocycles. The number of piperidine rings is 1. The first-order valence-electron chi connectivity index (χ1n) is 6.49. The first-order valence-corrected chi connectivity index (χ1v) is 6.49. The normalized spacial score (nSPS) is 16.8. The zero-order chi connectivity index (χ0) is 13.7. The number of aliphatic hydroxyl groups excluding tert-OH is 1. The van der Waals surface area contributed by atoms with Gasteiger partial charge in [0, 0.05) is 24.7 Å². The third-order valence-corrected chi connectivity index (χ3v) is 3.32. The molecule has 0 radical (unpaired) electrons. The summed E-state index contributed by atoms with van der Waals surface area (Å²) in [5.41, 5.74) is 0.885. The van der Waals surface area contributed by atoms with E-state index >= 15 is 0 Å². The van der Waals surface area contributed by atoms with Gasteiger partial charge in [0.15, 0.2) is 0 Å². The Labute approximate surface area is 113 Å². The molecule has 1 heterocycles. The maximum atomic E-state index is 12.0. The number of rotatable bonds is 3. The average molecular weight is 261 g/mol. The first kappa shape index (κ1) is 13.6. The van der Waals surface area contributed by atoms with Crippen LogP contribution in [0.5, 0.6) is 5.75 Å². The van der Waals surface area contributed by atoms with Gasteiger partial charge in [0.2, 0.25) is 5.91 Å². The number of likely N-dealkylation sites (tertiary alicyclic amines) is 1. The third-order valence-electron chi connectivity index (χ3n) is 3.32. The monoisotopic (exact) mass is 261 g/mol. The molecule has 1 aromatic rings. The van der Waals surface area contributed by atoms with Crippen LogP contribution in [0.4, 0.5) is 0 Å². The van der Waals surface area contributed by atoms with Crippen molar-refractivity contribution in [3.05, 3.63) is 35.9 Å². The van der Waals surface area contributed by atoms with E-state index in [1.165, 1.54) is 0 Å². The fourth-order valence-corrected chi connectivity index (χ4v) is 2.16. The van der Waals surface area contributed by atoms with Gasteiger partial charge in [-0.1, -0.05) is 18.2 Å². The van der Waals surface area contributed by atoms with Crippen LogP contribution < -0.4 is 4.74 Å². The van der Waals surface area contributed by atoms with Gasteiger partial charge in [-0.15, -0.1) is 0 Å². The third kappa shape index (κ3) is 3.58. The Bertz CT molecular complexity index is 462. The molecule has 0 atom stereocenters. The van der Waals surface area contributed by atoms with Gasteiger partial charge < -0.3 is 14.7 Å². The van der Waals surface area contributed by atoms with Gasteiger partial charge in [0.1, 0.15) is 5.75 Å². The molecule has 4 heteroatoms. The van der Waals surface area contributed by atoms with Crippen molar-refractivity contribution in [3.8, 4) is 5.75 Å². The highest BCUT2D eigenvalue weighted by molar-refractivity contribution is 5.92. The van der Waals surface area contributed by atoms with E-state index in [0.717, 1.165) is 11.3 Å². The predicted octanol–water partition coefficient (Wildman–Crippen LogP) is 1.69. The standard InChI is InChI=1S/C15H19NO3/c1-19-14-5-3-2-4-12(14)6-7-15(18)16-10-8-13(17)9-11-16/h2-7,13,17H,8-11H2,1H3/b7-6+. The zero-order valence-corrected chi connectivity index (χ0v) is 11.1. The fourth-order valence-electron chi connectivity index (χ4n) is 2.16. The van der Waals surface area contributed by atoms with Crippen molar-refractivity contribution >= 4 is 12.0 Å². The first-order chi connectivity index (χ1) is 9.20. The van der Waals surface area contributed by atoms with Gasteiger partial charge in [-0.25, -0.2) is 0 Å². The van der Waals surface area contributed by atoms with Crippen LogP contribution in [0.2, 0.25) is 0 Å². The van der Waals surface area contributed by atoms with E-state index in [0.29, 0.717) is 25.9 Å². The predicted molar refractivity (Wildman–Crippen MR) is 73.8 cm³/mol. The van der Waals surface area contributed by atoms with Crippen LogP contribution in [0.1, 0.15) is 18.4 Å². The van der Waals surface area contributed by atoms with Gasteiger partial charge in [0.25, 0.3) is 0 Å². The molecule has 2 rings (SSSR count). The molecule has 19 heavy (non-hydrogen) atoms. The second-order valence-corrected chi connectivity index (χ2v) is 4.63. The van der Waals surface area contributed by atoms with Crippen LogP contribution >= 0.6 is 0 Å². The molecule has 1 N–H and O–H groups in total. The largest absolute Gasteiger partial charge is 0.496 e. The maximum absolute atomic E-state index is 12.0. The van der Waals surface area contributed by atoms with Crippen molar-refractivity contribution in [2.45, 2.75) is 18.9 Å². The lowest BCUT2D eigenvalue weighted by Crippen LogP contribution is -2.39. The zero-order valence-electron chi connectivity index (χ0n) is 11.1. The fraction of sp³-hybridized carbons (Fsp3) is 0.400. The molecule has 0 bridgehead atoms. The molecule has 1 fully saturated rings. The lowest BCUT2D eigenvalue weighted by molar-refractivity contribution is -0.127. The summed E-state index contributed by atoms with van der Waals surface area (Å²) in [5, 5.41) is 9.41. The molecule has 1 saturated heterocycles. The van der Waals surface area contributed by atoms with Crippen LogP contribution in [-0.4, -0.2) is 42.2 Å². The van der Waals surface area contributed by atoms with Crippen LogP contribution in [0.3, 0.4) is 0 Å². The van der Waals surface area contributed by atoms with E-state index < -0.39 is 0 Å². The number of carbonyl (C=O) groups excluding carboxylic acids is 1. The number of hydrogen-bond acceptors (Lipinski definition) is 3. The van der Waals surface area contributed by atoms with Crippen molar-refractivity contribution in [3.63, 3.8) is 0 Å². The average Bonchev–Trinajstić information content (AvgIpc) is 2.45. The summed E-state index contributed by atoms with van der Waals surface area (Å²) < 4.78 is 5.23. The summed E-state index contributed by atoms with van der Waals surface area (Å²) in [6.07, 6.45) is 4.40. The van der Waals surface area contributed by atoms with Gasteiger partial charge in [0.05, 0.1) is 13.2 Å². The Morgan fingerprint density at radius 1 is 1.37 bits per heavy atom. The van der Waals surface area contributed by atoms with Crippen LogP contribution in [0.15, 0.2) is 30.3 Å². The maximum Gasteiger partial charge on any atom is 0.246 e. The van der Waals surface area contributed by atoms with Gasteiger partial charge in [-0.2, -0.15) is 0 Å². The molecule has 0 aromatic heterocycles. The Hall–Kier alpha value is -1.81. The summed E-state index contributed by atoms with van der Waals surface area (Å²) in [4.78, 5) is 13.8. The van der Waals surface area contributed by atoms with E-state index in [1.54, 1.807) is 24.2 Å². The van der Waals surface area contributed by atoms with E-state index in [-0.39, 0.29) is 12.0 Å². The summed E-state index contributed by atoms with van der Waals surface area (Å²) in [5.74, 6) is 0.735. The van der Waals surface area contributed by atoms with Crippen molar-refractivity contribution in [1.82, 2.24) is 4.90 Å². The number of ether oxygens (including phenoxy) is 1. The lowest BCUT2D eigenvalue weighted by atomic mass is 10.1. The number of methoxy groups -OCH3 is 1. The minimum Gasteiger partial charge on any atom is -0.496 e. The van der Waals surface area contributed by atoms with Crippen molar-refractivity contribution in [2.24, 2.45) is 0 Å². The van der Waals surface area contributed by atoms with Gasteiger partial charge in [-0.05, 0) is 25.0 Å². The van der Waals surface area contributed by atoms with Gasteiger partial charge in [-0.3, -0.25) is 4.79 Å². The molecule has 0 aliphatic carbocycles. The second kappa shape index (κ2) is 6.38. The molecule has 102 valence electrons. The van der Waals surface area contributed by atoms with E-state index in [2.05, 4.69) is 0 Å².